The summed E-state index contributed by atoms with van der Waals surface area (Å²) >= 11 is 0. The standard InChI is InChI=1S/C19H26N2O3/c1-13-5-8-16(21(12-13)18(22)24-19(2,3)4)14-6-7-15-17(11-14)23-10-9-20-15/h6-8,11,13,20H,5,9-10,12H2,1-4H3. The van der Waals surface area contributed by atoms with Crippen molar-refractivity contribution < 1.29 is 14.3 Å². The second-order valence-electron chi connectivity index (χ2n) is 7.51. The molecule has 2 heterocycles. The van der Waals surface area contributed by atoms with Crippen LogP contribution in [-0.4, -0.2) is 36.3 Å². The van der Waals surface area contributed by atoms with Crippen molar-refractivity contribution in [3.8, 4) is 5.75 Å². The van der Waals surface area contributed by atoms with Crippen molar-refractivity contribution in [2.45, 2.75) is 39.7 Å². The van der Waals surface area contributed by atoms with Crippen molar-refractivity contribution >= 4 is 17.5 Å². The number of amides is 1. The van der Waals surface area contributed by atoms with Gasteiger partial charge in [0.25, 0.3) is 0 Å². The molecule has 1 N–H and O–H groups in total. The van der Waals surface area contributed by atoms with Crippen LogP contribution >= 0.6 is 0 Å². The Morgan fingerprint density at radius 1 is 1.38 bits per heavy atom. The Bertz CT molecular complexity index is 661. The van der Waals surface area contributed by atoms with Crippen molar-refractivity contribution in [2.75, 3.05) is 25.0 Å². The fourth-order valence-electron chi connectivity index (χ4n) is 2.96. The number of nitrogens with one attached hydrogen (secondary N) is 1. The highest BCUT2D eigenvalue weighted by atomic mass is 16.6. The third kappa shape index (κ3) is 3.66. The lowest BCUT2D eigenvalue weighted by molar-refractivity contribution is 0.0327. The first-order valence-corrected chi connectivity index (χ1v) is 8.55. The van der Waals surface area contributed by atoms with Crippen LogP contribution in [0, 0.1) is 5.92 Å². The van der Waals surface area contributed by atoms with Crippen LogP contribution in [0.3, 0.4) is 0 Å². The summed E-state index contributed by atoms with van der Waals surface area (Å²) in [6.07, 6.45) is 2.78. The van der Waals surface area contributed by atoms with Crippen molar-refractivity contribution in [3.05, 3.63) is 29.8 Å². The number of hydrogen-bond acceptors (Lipinski definition) is 4. The van der Waals surface area contributed by atoms with Crippen molar-refractivity contribution in [2.24, 2.45) is 5.92 Å². The van der Waals surface area contributed by atoms with Crippen LogP contribution in [0.15, 0.2) is 24.3 Å². The zero-order valence-electron chi connectivity index (χ0n) is 14.9. The molecule has 130 valence electrons. The molecule has 1 amide bonds. The molecule has 0 saturated carbocycles. The van der Waals surface area contributed by atoms with Gasteiger partial charge in [0.05, 0.1) is 11.4 Å². The molecule has 24 heavy (non-hydrogen) atoms. The first-order chi connectivity index (χ1) is 11.3. The Morgan fingerprint density at radius 3 is 2.92 bits per heavy atom. The summed E-state index contributed by atoms with van der Waals surface area (Å²) in [5, 5.41) is 3.32. The number of hydrogen-bond donors (Lipinski definition) is 1. The van der Waals surface area contributed by atoms with Gasteiger partial charge in [-0.05, 0) is 45.2 Å². The highest BCUT2D eigenvalue weighted by molar-refractivity contribution is 5.84. The zero-order valence-corrected chi connectivity index (χ0v) is 14.9. The molecule has 1 aromatic rings. The van der Waals surface area contributed by atoms with E-state index in [0.29, 0.717) is 19.1 Å². The van der Waals surface area contributed by atoms with Gasteiger partial charge in [-0.2, -0.15) is 0 Å². The van der Waals surface area contributed by atoms with Gasteiger partial charge in [-0.1, -0.05) is 19.1 Å². The molecule has 1 unspecified atom stereocenters. The van der Waals surface area contributed by atoms with Crippen LogP contribution in [0.5, 0.6) is 5.75 Å². The predicted molar refractivity (Wildman–Crippen MR) is 95.1 cm³/mol. The molecule has 0 fully saturated rings. The number of fused-ring (bicyclic) bond motifs is 1. The summed E-state index contributed by atoms with van der Waals surface area (Å²) < 4.78 is 11.3. The fraction of sp³-hybridized carbons (Fsp3) is 0.526. The average molecular weight is 330 g/mol. The molecule has 2 aliphatic rings. The normalized spacial score (nSPS) is 20.4. The molecule has 0 aromatic heterocycles. The van der Waals surface area contributed by atoms with Crippen LogP contribution in [0.2, 0.25) is 0 Å². The van der Waals surface area contributed by atoms with E-state index in [4.69, 9.17) is 9.47 Å². The van der Waals surface area contributed by atoms with Gasteiger partial charge in [-0.25, -0.2) is 4.79 Å². The molecule has 5 heteroatoms. The van der Waals surface area contributed by atoms with Crippen LogP contribution in [0.4, 0.5) is 10.5 Å². The van der Waals surface area contributed by atoms with E-state index in [1.165, 1.54) is 0 Å². The van der Waals surface area contributed by atoms with E-state index in [2.05, 4.69) is 18.3 Å². The minimum absolute atomic E-state index is 0.294. The minimum atomic E-state index is -0.508. The maximum atomic E-state index is 12.7. The summed E-state index contributed by atoms with van der Waals surface area (Å²) in [6, 6.07) is 6.04. The Hall–Kier alpha value is -2.17. The van der Waals surface area contributed by atoms with Gasteiger partial charge >= 0.3 is 6.09 Å². The number of nitrogens with zero attached hydrogens (tertiary/aromatic N) is 1. The molecular formula is C19H26N2O3. The molecule has 0 bridgehead atoms. The number of anilines is 1. The van der Waals surface area contributed by atoms with E-state index in [9.17, 15) is 4.79 Å². The number of carbonyl (C=O) groups is 1. The maximum Gasteiger partial charge on any atom is 0.414 e. The molecule has 3 rings (SSSR count). The number of benzene rings is 1. The molecule has 1 aromatic carbocycles. The topological polar surface area (TPSA) is 50.8 Å². The van der Waals surface area contributed by atoms with E-state index in [0.717, 1.165) is 35.7 Å². The summed E-state index contributed by atoms with van der Waals surface area (Å²) in [5.41, 5.74) is 2.37. The highest BCUT2D eigenvalue weighted by Gasteiger charge is 2.29. The van der Waals surface area contributed by atoms with Crippen molar-refractivity contribution in [1.82, 2.24) is 4.90 Å². The van der Waals surface area contributed by atoms with Gasteiger partial charge in [0.15, 0.2) is 0 Å². The number of rotatable bonds is 1. The molecule has 0 spiro atoms. The van der Waals surface area contributed by atoms with Gasteiger partial charge < -0.3 is 14.8 Å². The molecule has 0 saturated heterocycles. The minimum Gasteiger partial charge on any atom is -0.490 e. The first kappa shape index (κ1) is 16.7. The highest BCUT2D eigenvalue weighted by Crippen LogP contribution is 2.34. The van der Waals surface area contributed by atoms with E-state index in [-0.39, 0.29) is 6.09 Å². The number of allylic oxidation sites excluding steroid dienone is 1. The quantitative estimate of drug-likeness (QED) is 0.842. The lowest BCUT2D eigenvalue weighted by Gasteiger charge is -2.34. The second kappa shape index (κ2) is 6.38. The van der Waals surface area contributed by atoms with Crippen LogP contribution < -0.4 is 10.1 Å². The van der Waals surface area contributed by atoms with E-state index < -0.39 is 5.60 Å². The first-order valence-electron chi connectivity index (χ1n) is 8.55. The molecule has 0 radical (unpaired) electrons. The Kier molecular flexibility index (Phi) is 4.43. The Balaban J connectivity index is 1.90. The molecule has 2 aliphatic heterocycles. The number of carbonyl (C=O) groups excluding carboxylic acids is 1. The summed E-state index contributed by atoms with van der Waals surface area (Å²) in [6.45, 7) is 9.95. The van der Waals surface area contributed by atoms with Gasteiger partial charge in [0.1, 0.15) is 18.0 Å². The molecule has 1 atom stereocenters. The van der Waals surface area contributed by atoms with Gasteiger partial charge in [-0.3, -0.25) is 4.90 Å². The SMILES string of the molecule is CC1CC=C(c2ccc3c(c2)OCCN3)N(C(=O)OC(C)(C)C)C1. The predicted octanol–water partition coefficient (Wildman–Crippen LogP) is 4.11. The van der Waals surface area contributed by atoms with Gasteiger partial charge in [0, 0.05) is 18.7 Å². The number of ether oxygens (including phenoxy) is 2. The lowest BCUT2D eigenvalue weighted by Crippen LogP contribution is -2.39. The van der Waals surface area contributed by atoms with E-state index in [1.54, 1.807) is 4.90 Å². The average Bonchev–Trinajstić information content (AvgIpc) is 2.53. The third-order valence-corrected chi connectivity index (χ3v) is 4.06. The third-order valence-electron chi connectivity index (χ3n) is 4.06. The zero-order chi connectivity index (χ0) is 17.3. The maximum absolute atomic E-state index is 12.7. The Morgan fingerprint density at radius 2 is 2.17 bits per heavy atom. The van der Waals surface area contributed by atoms with Crippen LogP contribution in [0.25, 0.3) is 5.70 Å². The van der Waals surface area contributed by atoms with Gasteiger partial charge in [0.2, 0.25) is 0 Å². The lowest BCUT2D eigenvalue weighted by atomic mass is 9.98. The van der Waals surface area contributed by atoms with E-state index >= 15 is 0 Å². The molecular weight excluding hydrogens is 304 g/mol. The summed E-state index contributed by atoms with van der Waals surface area (Å²) in [4.78, 5) is 14.4. The van der Waals surface area contributed by atoms with E-state index in [1.807, 2.05) is 39.0 Å². The second-order valence-corrected chi connectivity index (χ2v) is 7.51. The summed E-state index contributed by atoms with van der Waals surface area (Å²) in [5.74, 6) is 1.25. The van der Waals surface area contributed by atoms with Crippen LogP contribution in [-0.2, 0) is 4.74 Å². The van der Waals surface area contributed by atoms with Crippen molar-refractivity contribution in [1.29, 1.82) is 0 Å². The largest absolute Gasteiger partial charge is 0.490 e. The van der Waals surface area contributed by atoms with Crippen molar-refractivity contribution in [3.63, 3.8) is 0 Å². The van der Waals surface area contributed by atoms with Gasteiger partial charge in [-0.15, -0.1) is 0 Å². The molecule has 5 nitrogen and oxygen atoms in total. The monoisotopic (exact) mass is 330 g/mol. The molecule has 0 aliphatic carbocycles. The smallest absolute Gasteiger partial charge is 0.414 e. The summed E-state index contributed by atoms with van der Waals surface area (Å²) in [7, 11) is 0. The Labute approximate surface area is 143 Å². The fourth-order valence-corrected chi connectivity index (χ4v) is 2.96. The van der Waals surface area contributed by atoms with Crippen LogP contribution in [0.1, 0.15) is 39.7 Å².